The van der Waals surface area contributed by atoms with Crippen LogP contribution in [0.25, 0.3) is 11.2 Å². The van der Waals surface area contributed by atoms with Crippen molar-refractivity contribution in [2.24, 2.45) is 0 Å². The third-order valence-electron chi connectivity index (χ3n) is 6.55. The zero-order chi connectivity index (χ0) is 25.1. The molecule has 10 nitrogen and oxygen atoms in total. The Morgan fingerprint density at radius 1 is 0.946 bits per heavy atom. The Morgan fingerprint density at radius 3 is 2.30 bits per heavy atom. The average Bonchev–Trinajstić information content (AvgIpc) is 3.32. The molecule has 0 unspecified atom stereocenters. The number of fused-ring (bicyclic) bond motifs is 1. The number of aliphatic hydroxyl groups is 2. The lowest BCUT2D eigenvalue weighted by atomic mass is 10.0. The number of hydrogen-bond donors (Lipinski definition) is 4. The number of benzene rings is 2. The number of anilines is 3. The number of aromatic nitrogens is 4. The quantitative estimate of drug-likeness (QED) is 0.275. The molecule has 1 fully saturated rings. The van der Waals surface area contributed by atoms with Crippen LogP contribution in [0.4, 0.5) is 17.5 Å². The van der Waals surface area contributed by atoms with Crippen molar-refractivity contribution in [2.45, 2.75) is 25.6 Å². The summed E-state index contributed by atoms with van der Waals surface area (Å²) < 4.78 is 1.82. The van der Waals surface area contributed by atoms with Gasteiger partial charge >= 0.3 is 0 Å². The Bertz CT molecular complexity index is 1300. The molecule has 3 heterocycles. The second-order valence-electron chi connectivity index (χ2n) is 8.99. The third-order valence-corrected chi connectivity index (χ3v) is 6.55. The summed E-state index contributed by atoms with van der Waals surface area (Å²) in [5.41, 5.74) is 3.12. The van der Waals surface area contributed by atoms with Gasteiger partial charge in [0.2, 0.25) is 5.95 Å². The summed E-state index contributed by atoms with van der Waals surface area (Å²) >= 11 is 0. The van der Waals surface area contributed by atoms with Crippen molar-refractivity contribution in [3.05, 3.63) is 66.5 Å². The highest BCUT2D eigenvalue weighted by Crippen LogP contribution is 2.27. The van der Waals surface area contributed by atoms with E-state index in [1.807, 2.05) is 54.0 Å². The van der Waals surface area contributed by atoms with Crippen molar-refractivity contribution < 1.29 is 15.3 Å². The summed E-state index contributed by atoms with van der Waals surface area (Å²) in [4.78, 5) is 18.5. The van der Waals surface area contributed by atoms with Crippen LogP contribution in [0.5, 0.6) is 5.75 Å². The van der Waals surface area contributed by atoms with Gasteiger partial charge in [-0.15, -0.1) is 12.4 Å². The van der Waals surface area contributed by atoms with Crippen LogP contribution in [0.1, 0.15) is 18.6 Å². The number of phenols is 1. The van der Waals surface area contributed by atoms with Gasteiger partial charge in [-0.2, -0.15) is 9.97 Å². The van der Waals surface area contributed by atoms with Gasteiger partial charge in [-0.3, -0.25) is 0 Å². The molecule has 1 saturated heterocycles. The number of aromatic hydroxyl groups is 1. The van der Waals surface area contributed by atoms with Crippen LogP contribution >= 0.6 is 12.4 Å². The number of piperazine rings is 1. The molecular weight excluding hydrogens is 494 g/mol. The van der Waals surface area contributed by atoms with E-state index in [-0.39, 0.29) is 30.8 Å². The van der Waals surface area contributed by atoms with Crippen LogP contribution < -0.4 is 15.1 Å². The fourth-order valence-electron chi connectivity index (χ4n) is 4.51. The molecular formula is C26H32ClN7O3. The molecule has 1 aliphatic rings. The minimum Gasteiger partial charge on any atom is -0.508 e. The summed E-state index contributed by atoms with van der Waals surface area (Å²) in [5.74, 6) is 1.39. The maximum absolute atomic E-state index is 10.9. The van der Waals surface area contributed by atoms with Gasteiger partial charge in [0, 0.05) is 38.4 Å². The lowest BCUT2D eigenvalue weighted by Crippen LogP contribution is -2.47. The number of aliphatic hydroxyl groups excluding tert-OH is 2. The van der Waals surface area contributed by atoms with Gasteiger partial charge in [0.05, 0.1) is 25.1 Å². The molecule has 2 aromatic carbocycles. The number of imidazole rings is 1. The minimum absolute atomic E-state index is 0. The van der Waals surface area contributed by atoms with Gasteiger partial charge in [-0.1, -0.05) is 30.3 Å². The Balaban J connectivity index is 0.00000320. The zero-order valence-corrected chi connectivity index (χ0v) is 21.4. The zero-order valence-electron chi connectivity index (χ0n) is 20.6. The summed E-state index contributed by atoms with van der Waals surface area (Å²) in [7, 11) is 0. The standard InChI is InChI=1S/C26H31N7O3.ClH/c1-18(23(36)19-5-3-2-4-6-19)28-24-22-25(33(15-16-34)17-27-22)30-26(29-24)32-13-11-31(12-14-32)20-7-9-21(35)10-8-20;/h2-10,17-18,23,34-36H,11-16H2,1H3,(H,28,29,30);1H/t18-,23-;/m1./s1. The first-order chi connectivity index (χ1) is 17.5. The largest absolute Gasteiger partial charge is 0.508 e. The Kier molecular flexibility index (Phi) is 8.32. The van der Waals surface area contributed by atoms with Crippen LogP contribution in [0.15, 0.2) is 60.9 Å². The van der Waals surface area contributed by atoms with E-state index in [2.05, 4.69) is 20.1 Å². The maximum atomic E-state index is 10.9. The summed E-state index contributed by atoms with van der Waals surface area (Å²) in [6, 6.07) is 16.4. The molecule has 11 heteroatoms. The van der Waals surface area contributed by atoms with Gasteiger partial charge in [0.15, 0.2) is 17.0 Å². The first-order valence-corrected chi connectivity index (χ1v) is 12.2. The van der Waals surface area contributed by atoms with Gasteiger partial charge < -0.3 is 35.0 Å². The Labute approximate surface area is 221 Å². The smallest absolute Gasteiger partial charge is 0.229 e. The summed E-state index contributed by atoms with van der Waals surface area (Å²) in [6.07, 6.45) is 0.930. The molecule has 37 heavy (non-hydrogen) atoms. The van der Waals surface area contributed by atoms with Crippen LogP contribution in [0, 0.1) is 0 Å². The molecule has 0 bridgehead atoms. The van der Waals surface area contributed by atoms with E-state index in [4.69, 9.17) is 9.97 Å². The highest BCUT2D eigenvalue weighted by molar-refractivity contribution is 5.85. The summed E-state index contributed by atoms with van der Waals surface area (Å²) in [5, 5.41) is 33.3. The number of phenolic OH excluding ortho intramolecular Hbond substituents is 1. The SMILES string of the molecule is C[C@@H](Nc1nc(N2CCN(c3ccc(O)cc3)CC2)nc2c1ncn2CCO)[C@@H](O)c1ccccc1.Cl. The number of halogens is 1. The average molecular weight is 526 g/mol. The molecule has 4 aromatic rings. The van der Waals surface area contributed by atoms with Gasteiger partial charge in [-0.05, 0) is 36.8 Å². The lowest BCUT2D eigenvalue weighted by Gasteiger charge is -2.36. The molecule has 0 radical (unpaired) electrons. The molecule has 0 saturated carbocycles. The van der Waals surface area contributed by atoms with Gasteiger partial charge in [0.1, 0.15) is 5.75 Å². The second-order valence-corrected chi connectivity index (χ2v) is 8.99. The lowest BCUT2D eigenvalue weighted by molar-refractivity contribution is 0.160. The molecule has 196 valence electrons. The van der Waals surface area contributed by atoms with Crippen molar-refractivity contribution in [2.75, 3.05) is 47.9 Å². The van der Waals surface area contributed by atoms with E-state index in [0.717, 1.165) is 37.4 Å². The van der Waals surface area contributed by atoms with Crippen molar-refractivity contribution in [1.29, 1.82) is 0 Å². The van der Waals surface area contributed by atoms with Crippen molar-refractivity contribution in [3.8, 4) is 5.75 Å². The number of hydrogen-bond acceptors (Lipinski definition) is 9. The minimum atomic E-state index is -0.729. The topological polar surface area (TPSA) is 123 Å². The summed E-state index contributed by atoms with van der Waals surface area (Å²) in [6.45, 7) is 5.28. The van der Waals surface area contributed by atoms with Gasteiger partial charge in [-0.25, -0.2) is 4.98 Å². The normalized spacial score (nSPS) is 15.3. The van der Waals surface area contributed by atoms with E-state index in [9.17, 15) is 15.3 Å². The highest BCUT2D eigenvalue weighted by Gasteiger charge is 2.24. The highest BCUT2D eigenvalue weighted by atomic mass is 35.5. The van der Waals surface area contributed by atoms with Crippen LogP contribution in [-0.4, -0.2) is 73.7 Å². The molecule has 4 N–H and O–H groups in total. The van der Waals surface area contributed by atoms with Crippen LogP contribution in [-0.2, 0) is 6.54 Å². The van der Waals surface area contributed by atoms with Crippen molar-refractivity contribution in [1.82, 2.24) is 19.5 Å². The number of nitrogens with one attached hydrogen (secondary N) is 1. The maximum Gasteiger partial charge on any atom is 0.229 e. The molecule has 0 spiro atoms. The Morgan fingerprint density at radius 2 is 1.62 bits per heavy atom. The number of nitrogens with zero attached hydrogens (tertiary/aromatic N) is 6. The fraction of sp³-hybridized carbons (Fsp3) is 0.346. The molecule has 2 atom stereocenters. The molecule has 5 rings (SSSR count). The predicted octanol–water partition coefficient (Wildman–Crippen LogP) is 2.81. The van der Waals surface area contributed by atoms with Crippen LogP contribution in [0.2, 0.25) is 0 Å². The van der Waals surface area contributed by atoms with Gasteiger partial charge in [0.25, 0.3) is 0 Å². The van der Waals surface area contributed by atoms with E-state index < -0.39 is 6.10 Å². The third kappa shape index (κ3) is 5.71. The van der Waals surface area contributed by atoms with Crippen molar-refractivity contribution >= 4 is 41.0 Å². The molecule has 0 aliphatic carbocycles. The van der Waals surface area contributed by atoms with E-state index in [1.54, 1.807) is 18.5 Å². The van der Waals surface area contributed by atoms with E-state index in [0.29, 0.717) is 29.5 Å². The van der Waals surface area contributed by atoms with Crippen LogP contribution in [0.3, 0.4) is 0 Å². The second kappa shape index (κ2) is 11.6. The first-order valence-electron chi connectivity index (χ1n) is 12.2. The van der Waals surface area contributed by atoms with Crippen molar-refractivity contribution in [3.63, 3.8) is 0 Å². The fourth-order valence-corrected chi connectivity index (χ4v) is 4.51. The predicted molar refractivity (Wildman–Crippen MR) is 147 cm³/mol. The molecule has 1 aliphatic heterocycles. The van der Waals surface area contributed by atoms with E-state index in [1.165, 1.54) is 0 Å². The van der Waals surface area contributed by atoms with E-state index >= 15 is 0 Å². The molecule has 0 amide bonds. The Hall–Kier alpha value is -3.60. The number of rotatable bonds is 8. The monoisotopic (exact) mass is 525 g/mol. The molecule has 2 aromatic heterocycles. The first kappa shape index (κ1) is 26.5.